The fraction of sp³-hybridized carbons (Fsp3) is 0.333. The van der Waals surface area contributed by atoms with Gasteiger partial charge in [0.2, 0.25) is 10.0 Å². The molecule has 0 unspecified atom stereocenters. The molecule has 0 atom stereocenters. The Kier molecular flexibility index (Phi) is 3.51. The molecule has 0 spiro atoms. The zero-order valence-corrected chi connectivity index (χ0v) is 11.5. The molecule has 2 aromatic heterocycles. The molecule has 1 saturated heterocycles. The van der Waals surface area contributed by atoms with Gasteiger partial charge >= 0.3 is 0 Å². The van der Waals surface area contributed by atoms with Crippen molar-refractivity contribution in [3.8, 4) is 5.82 Å². The number of sulfonamides is 1. The number of ether oxygens (including phenoxy) is 1. The highest BCUT2D eigenvalue weighted by molar-refractivity contribution is 7.89. The van der Waals surface area contributed by atoms with Crippen LogP contribution < -0.4 is 0 Å². The molecule has 106 valence electrons. The van der Waals surface area contributed by atoms with Crippen molar-refractivity contribution in [3.63, 3.8) is 0 Å². The molecule has 0 radical (unpaired) electrons. The molecule has 0 bridgehead atoms. The molecule has 8 heteroatoms. The molecule has 7 nitrogen and oxygen atoms in total. The molecule has 2 aromatic rings. The standard InChI is InChI=1S/C12H14N4O3S/c17-20(18,15-5-7-19-8-6-15)11-9-14-16(10-11)12-3-1-2-4-13-12/h1-4,9-10H,5-8H2. The Morgan fingerprint density at radius 1 is 1.20 bits per heavy atom. The van der Waals surface area contributed by atoms with E-state index in [4.69, 9.17) is 4.74 Å². The summed E-state index contributed by atoms with van der Waals surface area (Å²) in [4.78, 5) is 4.30. The Hall–Kier alpha value is -1.77. The van der Waals surface area contributed by atoms with Crippen molar-refractivity contribution >= 4 is 10.0 Å². The number of pyridine rings is 1. The molecule has 1 aliphatic heterocycles. The summed E-state index contributed by atoms with van der Waals surface area (Å²) in [6.45, 7) is 1.59. The van der Waals surface area contributed by atoms with E-state index in [9.17, 15) is 8.42 Å². The summed E-state index contributed by atoms with van der Waals surface area (Å²) in [5, 5.41) is 4.06. The van der Waals surface area contributed by atoms with Crippen molar-refractivity contribution in [1.82, 2.24) is 19.1 Å². The Balaban J connectivity index is 1.89. The van der Waals surface area contributed by atoms with Crippen LogP contribution in [0.1, 0.15) is 0 Å². The van der Waals surface area contributed by atoms with Gasteiger partial charge in [0.1, 0.15) is 4.90 Å². The van der Waals surface area contributed by atoms with Crippen molar-refractivity contribution in [3.05, 3.63) is 36.8 Å². The molecule has 0 N–H and O–H groups in total. The lowest BCUT2D eigenvalue weighted by Gasteiger charge is -2.25. The van der Waals surface area contributed by atoms with E-state index in [2.05, 4.69) is 10.1 Å². The second kappa shape index (κ2) is 5.31. The molecule has 3 rings (SSSR count). The van der Waals surface area contributed by atoms with Gasteiger partial charge in [-0.05, 0) is 12.1 Å². The van der Waals surface area contributed by atoms with Crippen molar-refractivity contribution in [2.75, 3.05) is 26.3 Å². The largest absolute Gasteiger partial charge is 0.379 e. The normalized spacial score (nSPS) is 17.2. The zero-order valence-electron chi connectivity index (χ0n) is 10.7. The van der Waals surface area contributed by atoms with E-state index < -0.39 is 10.0 Å². The van der Waals surface area contributed by atoms with Crippen LogP contribution in [0.3, 0.4) is 0 Å². The third-order valence-corrected chi connectivity index (χ3v) is 4.90. The summed E-state index contributed by atoms with van der Waals surface area (Å²) < 4.78 is 32.9. The summed E-state index contributed by atoms with van der Waals surface area (Å²) in [5.74, 6) is 0.580. The zero-order chi connectivity index (χ0) is 14.0. The van der Waals surface area contributed by atoms with E-state index in [-0.39, 0.29) is 4.90 Å². The van der Waals surface area contributed by atoms with Crippen molar-refractivity contribution in [2.24, 2.45) is 0 Å². The fourth-order valence-corrected chi connectivity index (χ4v) is 3.33. The monoisotopic (exact) mass is 294 g/mol. The van der Waals surface area contributed by atoms with Crippen LogP contribution >= 0.6 is 0 Å². The predicted molar refractivity (Wildman–Crippen MR) is 70.9 cm³/mol. The molecule has 20 heavy (non-hydrogen) atoms. The van der Waals surface area contributed by atoms with E-state index >= 15 is 0 Å². The third kappa shape index (κ3) is 2.45. The lowest BCUT2D eigenvalue weighted by atomic mass is 10.5. The van der Waals surface area contributed by atoms with E-state index in [1.165, 1.54) is 21.4 Å². The molecule has 1 fully saturated rings. The van der Waals surface area contributed by atoms with Gasteiger partial charge in [0, 0.05) is 19.3 Å². The maximum absolute atomic E-state index is 12.4. The Morgan fingerprint density at radius 3 is 2.70 bits per heavy atom. The molecule has 1 aliphatic rings. The quantitative estimate of drug-likeness (QED) is 0.813. The molecule has 3 heterocycles. The summed E-state index contributed by atoms with van der Waals surface area (Å²) in [7, 11) is -3.51. The number of hydrogen-bond acceptors (Lipinski definition) is 5. The highest BCUT2D eigenvalue weighted by Gasteiger charge is 2.27. The second-order valence-electron chi connectivity index (χ2n) is 4.33. The van der Waals surface area contributed by atoms with Gasteiger partial charge in [0.25, 0.3) is 0 Å². The van der Waals surface area contributed by atoms with E-state index in [1.54, 1.807) is 18.3 Å². The second-order valence-corrected chi connectivity index (χ2v) is 6.26. The van der Waals surface area contributed by atoms with E-state index in [0.717, 1.165) is 0 Å². The lowest BCUT2D eigenvalue weighted by Crippen LogP contribution is -2.40. The fourth-order valence-electron chi connectivity index (χ4n) is 1.99. The Bertz CT molecular complexity index is 678. The molecule has 0 aliphatic carbocycles. The van der Waals surface area contributed by atoms with Crippen molar-refractivity contribution in [1.29, 1.82) is 0 Å². The minimum atomic E-state index is -3.51. The first kappa shape index (κ1) is 13.2. The summed E-state index contributed by atoms with van der Waals surface area (Å²) in [6.07, 6.45) is 4.46. The van der Waals surface area contributed by atoms with Crippen LogP contribution in [-0.4, -0.2) is 53.8 Å². The highest BCUT2D eigenvalue weighted by atomic mass is 32.2. The molecule has 0 amide bonds. The van der Waals surface area contributed by atoms with Crippen LogP contribution in [0.25, 0.3) is 5.82 Å². The molecular weight excluding hydrogens is 280 g/mol. The molecular formula is C12H14N4O3S. The predicted octanol–water partition coefficient (Wildman–Crippen LogP) is 0.288. The summed E-state index contributed by atoms with van der Waals surface area (Å²) in [6, 6.07) is 5.37. The maximum Gasteiger partial charge on any atom is 0.246 e. The van der Waals surface area contributed by atoms with Gasteiger partial charge in [-0.1, -0.05) is 6.07 Å². The number of nitrogens with zero attached hydrogens (tertiary/aromatic N) is 4. The Labute approximate surface area is 116 Å². The van der Waals surface area contributed by atoms with Gasteiger partial charge in [0.05, 0.1) is 25.6 Å². The van der Waals surface area contributed by atoms with Gasteiger partial charge in [-0.25, -0.2) is 18.1 Å². The van der Waals surface area contributed by atoms with Gasteiger partial charge in [-0.2, -0.15) is 9.40 Å². The van der Waals surface area contributed by atoms with Gasteiger partial charge in [-0.15, -0.1) is 0 Å². The van der Waals surface area contributed by atoms with Crippen LogP contribution in [0, 0.1) is 0 Å². The van der Waals surface area contributed by atoms with Crippen LogP contribution in [0.15, 0.2) is 41.7 Å². The average Bonchev–Trinajstić information content (AvgIpc) is 3.00. The topological polar surface area (TPSA) is 77.3 Å². The van der Waals surface area contributed by atoms with E-state index in [0.29, 0.717) is 32.1 Å². The van der Waals surface area contributed by atoms with Crippen LogP contribution in [0.2, 0.25) is 0 Å². The number of hydrogen-bond donors (Lipinski definition) is 0. The Morgan fingerprint density at radius 2 is 2.00 bits per heavy atom. The van der Waals surface area contributed by atoms with Gasteiger partial charge < -0.3 is 4.74 Å². The smallest absolute Gasteiger partial charge is 0.246 e. The first-order chi connectivity index (χ1) is 9.68. The van der Waals surface area contributed by atoms with Gasteiger partial charge in [0.15, 0.2) is 5.82 Å². The SMILES string of the molecule is O=S(=O)(c1cnn(-c2ccccn2)c1)N1CCOCC1. The minimum absolute atomic E-state index is 0.171. The number of aromatic nitrogens is 3. The van der Waals surface area contributed by atoms with Crippen LogP contribution in [0.5, 0.6) is 0 Å². The highest BCUT2D eigenvalue weighted by Crippen LogP contribution is 2.17. The number of morpholine rings is 1. The van der Waals surface area contributed by atoms with Crippen molar-refractivity contribution in [2.45, 2.75) is 4.90 Å². The first-order valence-electron chi connectivity index (χ1n) is 6.22. The van der Waals surface area contributed by atoms with Crippen LogP contribution in [-0.2, 0) is 14.8 Å². The third-order valence-electron chi connectivity index (χ3n) is 3.05. The lowest BCUT2D eigenvalue weighted by molar-refractivity contribution is 0.0730. The minimum Gasteiger partial charge on any atom is -0.379 e. The molecule has 0 aromatic carbocycles. The van der Waals surface area contributed by atoms with Gasteiger partial charge in [-0.3, -0.25) is 0 Å². The summed E-state index contributed by atoms with van der Waals surface area (Å²) >= 11 is 0. The van der Waals surface area contributed by atoms with Crippen LogP contribution in [0.4, 0.5) is 0 Å². The first-order valence-corrected chi connectivity index (χ1v) is 7.66. The summed E-state index contributed by atoms with van der Waals surface area (Å²) in [5.41, 5.74) is 0. The van der Waals surface area contributed by atoms with E-state index in [1.807, 2.05) is 6.07 Å². The number of rotatable bonds is 3. The van der Waals surface area contributed by atoms with Crippen molar-refractivity contribution < 1.29 is 13.2 Å². The average molecular weight is 294 g/mol. The maximum atomic E-state index is 12.4. The molecule has 0 saturated carbocycles.